The molecule has 2 aromatic rings. The number of benzene rings is 2. The number of hydrogen-bond acceptors (Lipinski definition) is 0. The van der Waals surface area contributed by atoms with Crippen molar-refractivity contribution in [3.05, 3.63) is 59.2 Å². The molecular weight excluding hydrogens is 216 g/mol. The third-order valence-electron chi connectivity index (χ3n) is 4.02. The quantitative estimate of drug-likeness (QED) is 0.718. The zero-order chi connectivity index (χ0) is 12.4. The molecule has 0 amide bonds. The Kier molecular flexibility index (Phi) is 3.19. The molecule has 1 aliphatic rings. The van der Waals surface area contributed by atoms with E-state index in [0.717, 1.165) is 0 Å². The SMILES string of the molecule is CCCCc1cccc2c1CCc1ccccc1-2. The zero-order valence-electron chi connectivity index (χ0n) is 11.1. The minimum atomic E-state index is 1.20. The van der Waals surface area contributed by atoms with Crippen LogP contribution in [0.15, 0.2) is 42.5 Å². The van der Waals surface area contributed by atoms with E-state index in [2.05, 4.69) is 49.4 Å². The zero-order valence-corrected chi connectivity index (χ0v) is 11.1. The van der Waals surface area contributed by atoms with E-state index < -0.39 is 0 Å². The molecule has 3 rings (SSSR count). The van der Waals surface area contributed by atoms with Crippen molar-refractivity contribution in [1.82, 2.24) is 0 Å². The Bertz CT molecular complexity index is 552. The normalized spacial score (nSPS) is 12.9. The number of unbranched alkanes of at least 4 members (excludes halogenated alkanes) is 1. The van der Waals surface area contributed by atoms with E-state index in [1.54, 1.807) is 11.1 Å². The predicted molar refractivity (Wildman–Crippen MR) is 77.9 cm³/mol. The van der Waals surface area contributed by atoms with Gasteiger partial charge in [-0.3, -0.25) is 0 Å². The van der Waals surface area contributed by atoms with Gasteiger partial charge in [0, 0.05) is 0 Å². The van der Waals surface area contributed by atoms with Gasteiger partial charge in [-0.05, 0) is 53.5 Å². The van der Waals surface area contributed by atoms with E-state index in [1.807, 2.05) is 0 Å². The van der Waals surface area contributed by atoms with Crippen LogP contribution in [0.3, 0.4) is 0 Å². The second-order valence-electron chi connectivity index (χ2n) is 5.20. The van der Waals surface area contributed by atoms with Crippen molar-refractivity contribution >= 4 is 0 Å². The molecule has 0 saturated heterocycles. The molecule has 0 aliphatic heterocycles. The maximum absolute atomic E-state index is 2.32. The van der Waals surface area contributed by atoms with Gasteiger partial charge in [0.15, 0.2) is 0 Å². The van der Waals surface area contributed by atoms with Crippen LogP contribution < -0.4 is 0 Å². The second-order valence-corrected chi connectivity index (χ2v) is 5.20. The lowest BCUT2D eigenvalue weighted by Crippen LogP contribution is -2.07. The van der Waals surface area contributed by atoms with Gasteiger partial charge >= 0.3 is 0 Å². The molecule has 0 heteroatoms. The Labute approximate surface area is 110 Å². The average molecular weight is 236 g/mol. The van der Waals surface area contributed by atoms with Gasteiger partial charge in [0.2, 0.25) is 0 Å². The molecule has 18 heavy (non-hydrogen) atoms. The lowest BCUT2D eigenvalue weighted by molar-refractivity contribution is 0.781. The summed E-state index contributed by atoms with van der Waals surface area (Å²) in [5, 5.41) is 0. The fourth-order valence-electron chi connectivity index (χ4n) is 3.04. The summed E-state index contributed by atoms with van der Waals surface area (Å²) in [6, 6.07) is 15.7. The predicted octanol–water partition coefficient (Wildman–Crippen LogP) is 4.79. The summed E-state index contributed by atoms with van der Waals surface area (Å²) in [4.78, 5) is 0. The molecule has 0 heterocycles. The molecule has 0 N–H and O–H groups in total. The van der Waals surface area contributed by atoms with Crippen LogP contribution in [0.1, 0.15) is 36.5 Å². The summed E-state index contributed by atoms with van der Waals surface area (Å²) in [5.41, 5.74) is 7.62. The largest absolute Gasteiger partial charge is 0.0654 e. The molecular formula is C18H20. The van der Waals surface area contributed by atoms with Crippen molar-refractivity contribution < 1.29 is 0 Å². The maximum atomic E-state index is 2.32. The van der Waals surface area contributed by atoms with Crippen LogP contribution in [0, 0.1) is 0 Å². The Morgan fingerprint density at radius 2 is 1.72 bits per heavy atom. The standard InChI is InChI=1S/C18H20/c1-2-3-7-14-9-6-11-18-16-10-5-4-8-15(16)12-13-17(14)18/h4-6,8-11H,2-3,7,12-13H2,1H3. The van der Waals surface area contributed by atoms with Crippen LogP contribution in [0.5, 0.6) is 0 Å². The van der Waals surface area contributed by atoms with E-state index in [1.165, 1.54) is 48.8 Å². The summed E-state index contributed by atoms with van der Waals surface area (Å²) in [6.45, 7) is 2.27. The summed E-state index contributed by atoms with van der Waals surface area (Å²) in [6.07, 6.45) is 6.23. The van der Waals surface area contributed by atoms with Crippen LogP contribution in [-0.2, 0) is 19.3 Å². The molecule has 0 aromatic heterocycles. The maximum Gasteiger partial charge on any atom is -0.0146 e. The highest BCUT2D eigenvalue weighted by atomic mass is 14.2. The highest BCUT2D eigenvalue weighted by molar-refractivity contribution is 5.74. The first-order valence-electron chi connectivity index (χ1n) is 7.09. The molecule has 1 aliphatic carbocycles. The third-order valence-corrected chi connectivity index (χ3v) is 4.02. The van der Waals surface area contributed by atoms with Crippen LogP contribution in [0.4, 0.5) is 0 Å². The fraction of sp³-hybridized carbons (Fsp3) is 0.333. The minimum Gasteiger partial charge on any atom is -0.0654 e. The van der Waals surface area contributed by atoms with Crippen molar-refractivity contribution in [2.75, 3.05) is 0 Å². The summed E-state index contributed by atoms with van der Waals surface area (Å²) in [5.74, 6) is 0. The number of rotatable bonds is 3. The Morgan fingerprint density at radius 1 is 0.889 bits per heavy atom. The molecule has 0 fully saturated rings. The van der Waals surface area contributed by atoms with E-state index in [9.17, 15) is 0 Å². The number of aryl methyl sites for hydroxylation is 2. The lowest BCUT2D eigenvalue weighted by atomic mass is 9.82. The highest BCUT2D eigenvalue weighted by Gasteiger charge is 2.17. The average Bonchev–Trinajstić information content (AvgIpc) is 2.44. The van der Waals surface area contributed by atoms with E-state index in [-0.39, 0.29) is 0 Å². The van der Waals surface area contributed by atoms with Gasteiger partial charge < -0.3 is 0 Å². The van der Waals surface area contributed by atoms with Crippen LogP contribution in [0.25, 0.3) is 11.1 Å². The smallest absolute Gasteiger partial charge is 0.0146 e. The van der Waals surface area contributed by atoms with Gasteiger partial charge in [0.25, 0.3) is 0 Å². The van der Waals surface area contributed by atoms with Crippen LogP contribution in [-0.4, -0.2) is 0 Å². The Hall–Kier alpha value is -1.56. The van der Waals surface area contributed by atoms with Gasteiger partial charge in [-0.25, -0.2) is 0 Å². The van der Waals surface area contributed by atoms with Crippen LogP contribution >= 0.6 is 0 Å². The van der Waals surface area contributed by atoms with E-state index in [4.69, 9.17) is 0 Å². The molecule has 92 valence electrons. The molecule has 0 spiro atoms. The lowest BCUT2D eigenvalue weighted by Gasteiger charge is -2.22. The van der Waals surface area contributed by atoms with Crippen molar-refractivity contribution in [3.63, 3.8) is 0 Å². The van der Waals surface area contributed by atoms with Crippen molar-refractivity contribution in [2.24, 2.45) is 0 Å². The first kappa shape index (κ1) is 11.5. The monoisotopic (exact) mass is 236 g/mol. The van der Waals surface area contributed by atoms with Gasteiger partial charge in [0.05, 0.1) is 0 Å². The summed E-state index contributed by atoms with van der Waals surface area (Å²) < 4.78 is 0. The first-order valence-corrected chi connectivity index (χ1v) is 7.09. The van der Waals surface area contributed by atoms with Gasteiger partial charge in [-0.1, -0.05) is 55.8 Å². The second kappa shape index (κ2) is 4.97. The van der Waals surface area contributed by atoms with Crippen molar-refractivity contribution in [3.8, 4) is 11.1 Å². The molecule has 0 radical (unpaired) electrons. The molecule has 0 bridgehead atoms. The first-order chi connectivity index (χ1) is 8.90. The summed E-state index contributed by atoms with van der Waals surface area (Å²) >= 11 is 0. The Balaban J connectivity index is 2.07. The van der Waals surface area contributed by atoms with Gasteiger partial charge in [0.1, 0.15) is 0 Å². The summed E-state index contributed by atoms with van der Waals surface area (Å²) in [7, 11) is 0. The van der Waals surface area contributed by atoms with Crippen LogP contribution in [0.2, 0.25) is 0 Å². The number of hydrogen-bond donors (Lipinski definition) is 0. The number of fused-ring (bicyclic) bond motifs is 3. The van der Waals surface area contributed by atoms with Crippen molar-refractivity contribution in [2.45, 2.75) is 39.0 Å². The van der Waals surface area contributed by atoms with Crippen molar-refractivity contribution in [1.29, 1.82) is 0 Å². The molecule has 0 atom stereocenters. The fourth-order valence-corrected chi connectivity index (χ4v) is 3.04. The van der Waals surface area contributed by atoms with E-state index in [0.29, 0.717) is 0 Å². The topological polar surface area (TPSA) is 0 Å². The Morgan fingerprint density at radius 3 is 2.61 bits per heavy atom. The highest BCUT2D eigenvalue weighted by Crippen LogP contribution is 2.35. The van der Waals surface area contributed by atoms with E-state index >= 15 is 0 Å². The molecule has 0 saturated carbocycles. The molecule has 0 unspecified atom stereocenters. The molecule has 0 nitrogen and oxygen atoms in total. The third kappa shape index (κ3) is 1.96. The minimum absolute atomic E-state index is 1.20. The van der Waals surface area contributed by atoms with Gasteiger partial charge in [-0.15, -0.1) is 0 Å². The van der Waals surface area contributed by atoms with Gasteiger partial charge in [-0.2, -0.15) is 0 Å². The molecule has 2 aromatic carbocycles.